The molecule has 1 N–H and O–H groups in total. The van der Waals surface area contributed by atoms with Gasteiger partial charge in [-0.05, 0) is 56.2 Å². The van der Waals surface area contributed by atoms with Crippen molar-refractivity contribution in [3.8, 4) is 0 Å². The standard InChI is InChI=1S/C23H29N3O3S/c1-3-25(4-2)23(29)20(24-21(27)19-11-8-16-30-19)17-12-14-26(15-13-17)22(28)18-9-6-5-7-10-18/h5-11,16-17,20H,3-4,12-15H2,1-2H3,(H,24,27)/t20-/m0/s1. The van der Waals surface area contributed by atoms with Crippen LogP contribution >= 0.6 is 11.3 Å². The number of thiophene rings is 1. The van der Waals surface area contributed by atoms with Crippen LogP contribution < -0.4 is 5.32 Å². The van der Waals surface area contributed by atoms with Crippen LogP contribution in [0, 0.1) is 5.92 Å². The van der Waals surface area contributed by atoms with Gasteiger partial charge in [0.2, 0.25) is 5.91 Å². The maximum Gasteiger partial charge on any atom is 0.262 e. The summed E-state index contributed by atoms with van der Waals surface area (Å²) in [5.74, 6) is -0.235. The topological polar surface area (TPSA) is 69.7 Å². The Bertz CT molecular complexity index is 842. The first-order valence-electron chi connectivity index (χ1n) is 10.5. The van der Waals surface area contributed by atoms with Gasteiger partial charge < -0.3 is 15.1 Å². The minimum absolute atomic E-state index is 0.00170. The van der Waals surface area contributed by atoms with E-state index in [0.29, 0.717) is 49.5 Å². The highest BCUT2D eigenvalue weighted by Gasteiger charge is 2.35. The fraction of sp³-hybridized carbons (Fsp3) is 0.435. The van der Waals surface area contributed by atoms with Crippen molar-refractivity contribution in [1.29, 1.82) is 0 Å². The van der Waals surface area contributed by atoms with Crippen LogP contribution in [-0.2, 0) is 4.79 Å². The van der Waals surface area contributed by atoms with Crippen LogP contribution in [0.4, 0.5) is 0 Å². The fourth-order valence-electron chi connectivity index (χ4n) is 3.93. The van der Waals surface area contributed by atoms with E-state index in [1.165, 1.54) is 11.3 Å². The second-order valence-electron chi connectivity index (χ2n) is 7.43. The van der Waals surface area contributed by atoms with Crippen molar-refractivity contribution in [1.82, 2.24) is 15.1 Å². The normalized spacial score (nSPS) is 15.5. The molecule has 1 fully saturated rings. The van der Waals surface area contributed by atoms with Gasteiger partial charge >= 0.3 is 0 Å². The van der Waals surface area contributed by atoms with E-state index in [0.717, 1.165) is 0 Å². The summed E-state index contributed by atoms with van der Waals surface area (Å²) in [5.41, 5.74) is 0.678. The lowest BCUT2D eigenvalue weighted by Crippen LogP contribution is -2.54. The highest BCUT2D eigenvalue weighted by molar-refractivity contribution is 7.12. The molecular formula is C23H29N3O3S. The average molecular weight is 428 g/mol. The number of nitrogens with zero attached hydrogens (tertiary/aromatic N) is 2. The number of hydrogen-bond donors (Lipinski definition) is 1. The Morgan fingerprint density at radius 3 is 2.30 bits per heavy atom. The van der Waals surface area contributed by atoms with E-state index in [1.54, 1.807) is 11.0 Å². The van der Waals surface area contributed by atoms with Crippen molar-refractivity contribution < 1.29 is 14.4 Å². The number of benzene rings is 1. The van der Waals surface area contributed by atoms with Gasteiger partial charge in [0, 0.05) is 31.7 Å². The van der Waals surface area contributed by atoms with Crippen LogP contribution in [0.5, 0.6) is 0 Å². The third kappa shape index (κ3) is 5.08. The van der Waals surface area contributed by atoms with Crippen LogP contribution in [0.3, 0.4) is 0 Å². The maximum absolute atomic E-state index is 13.2. The van der Waals surface area contributed by atoms with Crippen LogP contribution in [0.1, 0.15) is 46.7 Å². The summed E-state index contributed by atoms with van der Waals surface area (Å²) in [6.45, 7) is 6.25. The van der Waals surface area contributed by atoms with Gasteiger partial charge in [-0.2, -0.15) is 0 Å². The minimum Gasteiger partial charge on any atom is -0.341 e. The van der Waals surface area contributed by atoms with E-state index in [-0.39, 0.29) is 23.6 Å². The largest absolute Gasteiger partial charge is 0.341 e. The molecule has 3 rings (SSSR count). The first-order chi connectivity index (χ1) is 14.5. The summed E-state index contributed by atoms with van der Waals surface area (Å²) in [7, 11) is 0. The van der Waals surface area contributed by atoms with E-state index in [4.69, 9.17) is 0 Å². The SMILES string of the molecule is CCN(CC)C(=O)[C@@H](NC(=O)c1cccs1)C1CCN(C(=O)c2ccccc2)CC1. The Morgan fingerprint density at radius 2 is 1.73 bits per heavy atom. The molecule has 0 radical (unpaired) electrons. The predicted octanol–water partition coefficient (Wildman–Crippen LogP) is 3.27. The molecule has 1 aliphatic heterocycles. The highest BCUT2D eigenvalue weighted by Crippen LogP contribution is 2.24. The summed E-state index contributed by atoms with van der Waals surface area (Å²) in [5, 5.41) is 4.84. The zero-order chi connectivity index (χ0) is 21.5. The number of hydrogen-bond acceptors (Lipinski definition) is 4. The molecule has 1 aliphatic rings. The smallest absolute Gasteiger partial charge is 0.262 e. The van der Waals surface area contributed by atoms with Crippen molar-refractivity contribution >= 4 is 29.1 Å². The van der Waals surface area contributed by atoms with Crippen molar-refractivity contribution in [2.75, 3.05) is 26.2 Å². The number of likely N-dealkylation sites (tertiary alicyclic amines) is 1. The third-order valence-electron chi connectivity index (χ3n) is 5.69. The number of rotatable bonds is 7. The van der Waals surface area contributed by atoms with Gasteiger partial charge in [0.1, 0.15) is 6.04 Å². The first kappa shape index (κ1) is 22.0. The van der Waals surface area contributed by atoms with Gasteiger partial charge in [-0.1, -0.05) is 24.3 Å². The third-order valence-corrected chi connectivity index (χ3v) is 6.56. The molecule has 0 spiro atoms. The second-order valence-corrected chi connectivity index (χ2v) is 8.38. The number of piperidine rings is 1. The molecule has 0 bridgehead atoms. The van der Waals surface area contributed by atoms with Crippen LogP contribution in [-0.4, -0.2) is 59.7 Å². The van der Waals surface area contributed by atoms with Crippen LogP contribution in [0.25, 0.3) is 0 Å². The second kappa shape index (κ2) is 10.4. The Hall–Kier alpha value is -2.67. The Kier molecular flexibility index (Phi) is 7.63. The number of carbonyl (C=O) groups excluding carboxylic acids is 3. The molecule has 1 aromatic carbocycles. The molecule has 7 heteroatoms. The van der Waals surface area contributed by atoms with Gasteiger partial charge in [-0.3, -0.25) is 14.4 Å². The van der Waals surface area contributed by atoms with E-state index in [9.17, 15) is 14.4 Å². The molecule has 1 atom stereocenters. The summed E-state index contributed by atoms with van der Waals surface area (Å²) in [4.78, 5) is 42.8. The van der Waals surface area contributed by atoms with E-state index in [1.807, 2.05) is 60.5 Å². The van der Waals surface area contributed by atoms with Crippen LogP contribution in [0.2, 0.25) is 0 Å². The van der Waals surface area contributed by atoms with Gasteiger partial charge in [0.05, 0.1) is 4.88 Å². The van der Waals surface area contributed by atoms with Gasteiger partial charge in [0.25, 0.3) is 11.8 Å². The molecule has 30 heavy (non-hydrogen) atoms. The van der Waals surface area contributed by atoms with E-state index >= 15 is 0 Å². The lowest BCUT2D eigenvalue weighted by atomic mass is 9.88. The minimum atomic E-state index is -0.575. The number of carbonyl (C=O) groups is 3. The van der Waals surface area contributed by atoms with Crippen molar-refractivity contribution in [2.24, 2.45) is 5.92 Å². The number of amides is 3. The average Bonchev–Trinajstić information content (AvgIpc) is 3.33. The van der Waals surface area contributed by atoms with Crippen molar-refractivity contribution in [2.45, 2.75) is 32.7 Å². The highest BCUT2D eigenvalue weighted by atomic mass is 32.1. The molecule has 0 unspecified atom stereocenters. The Balaban J connectivity index is 1.70. The molecule has 3 amide bonds. The maximum atomic E-state index is 13.2. The fourth-order valence-corrected chi connectivity index (χ4v) is 4.56. The van der Waals surface area contributed by atoms with Gasteiger partial charge in [-0.15, -0.1) is 11.3 Å². The Morgan fingerprint density at radius 1 is 1.07 bits per heavy atom. The van der Waals surface area contributed by atoms with Crippen LogP contribution in [0.15, 0.2) is 47.8 Å². The lowest BCUT2D eigenvalue weighted by Gasteiger charge is -2.37. The summed E-state index contributed by atoms with van der Waals surface area (Å²) in [6.07, 6.45) is 1.36. The zero-order valence-corrected chi connectivity index (χ0v) is 18.4. The summed E-state index contributed by atoms with van der Waals surface area (Å²) < 4.78 is 0. The van der Waals surface area contributed by atoms with Gasteiger partial charge in [0.15, 0.2) is 0 Å². The molecule has 1 aromatic heterocycles. The number of nitrogens with one attached hydrogen (secondary N) is 1. The van der Waals surface area contributed by atoms with E-state index in [2.05, 4.69) is 5.32 Å². The number of likely N-dealkylation sites (N-methyl/N-ethyl adjacent to an activating group) is 1. The molecule has 1 saturated heterocycles. The molecule has 2 aromatic rings. The monoisotopic (exact) mass is 427 g/mol. The zero-order valence-electron chi connectivity index (χ0n) is 17.5. The Labute approximate surface area is 181 Å². The first-order valence-corrected chi connectivity index (χ1v) is 11.4. The van der Waals surface area contributed by atoms with Crippen molar-refractivity contribution in [3.05, 3.63) is 58.3 Å². The van der Waals surface area contributed by atoms with Gasteiger partial charge in [-0.25, -0.2) is 0 Å². The molecule has 6 nitrogen and oxygen atoms in total. The predicted molar refractivity (Wildman–Crippen MR) is 119 cm³/mol. The molecule has 0 saturated carbocycles. The molecular weight excluding hydrogens is 398 g/mol. The quantitative estimate of drug-likeness (QED) is 0.737. The molecule has 160 valence electrons. The summed E-state index contributed by atoms with van der Waals surface area (Å²) in [6, 6.07) is 12.3. The molecule has 2 heterocycles. The summed E-state index contributed by atoms with van der Waals surface area (Å²) >= 11 is 1.36. The lowest BCUT2D eigenvalue weighted by molar-refractivity contribution is -0.134. The van der Waals surface area contributed by atoms with E-state index < -0.39 is 6.04 Å². The van der Waals surface area contributed by atoms with Crippen molar-refractivity contribution in [3.63, 3.8) is 0 Å². The molecule has 0 aliphatic carbocycles.